The highest BCUT2D eigenvalue weighted by molar-refractivity contribution is 6.31. The molecule has 2 N–H and O–H groups in total. The first kappa shape index (κ1) is 23.3. The molecule has 3 aromatic rings. The van der Waals surface area contributed by atoms with E-state index in [1.165, 1.54) is 7.05 Å². The van der Waals surface area contributed by atoms with Crippen molar-refractivity contribution in [3.63, 3.8) is 0 Å². The molecule has 0 radical (unpaired) electrons. The van der Waals surface area contributed by atoms with Crippen LogP contribution in [0.3, 0.4) is 0 Å². The lowest BCUT2D eigenvalue weighted by atomic mass is 10.0. The van der Waals surface area contributed by atoms with Crippen molar-refractivity contribution in [3.05, 3.63) is 88.7 Å². The van der Waals surface area contributed by atoms with Crippen LogP contribution in [0.4, 0.5) is 13.2 Å². The summed E-state index contributed by atoms with van der Waals surface area (Å²) in [7, 11) is 1.37. The number of hydrogen-bond acceptors (Lipinski definition) is 3. The van der Waals surface area contributed by atoms with Gasteiger partial charge in [0.25, 0.3) is 5.91 Å². The van der Waals surface area contributed by atoms with Crippen LogP contribution < -0.4 is 10.6 Å². The monoisotopic (exact) mass is 461 g/mol. The van der Waals surface area contributed by atoms with Crippen LogP contribution >= 0.6 is 11.6 Å². The number of benzene rings is 2. The maximum atomic E-state index is 12.9. The molecule has 0 spiro atoms. The van der Waals surface area contributed by atoms with Gasteiger partial charge in [-0.2, -0.15) is 13.2 Å². The summed E-state index contributed by atoms with van der Waals surface area (Å²) >= 11 is 5.98. The fourth-order valence-corrected chi connectivity index (χ4v) is 3.39. The number of nitrogens with zero attached hydrogens (tertiary/aromatic N) is 1. The van der Waals surface area contributed by atoms with Crippen LogP contribution in [0.2, 0.25) is 5.02 Å². The molecular weight excluding hydrogens is 443 g/mol. The quantitative estimate of drug-likeness (QED) is 0.560. The molecule has 0 aliphatic heterocycles. The van der Waals surface area contributed by atoms with Crippen molar-refractivity contribution in [3.8, 4) is 11.1 Å². The number of carbonyl (C=O) groups is 2. The van der Waals surface area contributed by atoms with Crippen molar-refractivity contribution in [2.24, 2.45) is 0 Å². The van der Waals surface area contributed by atoms with Gasteiger partial charge in [0.2, 0.25) is 5.91 Å². The molecule has 0 saturated heterocycles. The highest BCUT2D eigenvalue weighted by atomic mass is 35.5. The van der Waals surface area contributed by atoms with E-state index in [1.54, 1.807) is 24.3 Å². The molecule has 1 unspecified atom stereocenters. The summed E-state index contributed by atoms with van der Waals surface area (Å²) in [5.41, 5.74) is 1.23. The minimum absolute atomic E-state index is 0.0567. The summed E-state index contributed by atoms with van der Waals surface area (Å²) in [6, 6.07) is 17.2. The fourth-order valence-electron chi connectivity index (χ4n) is 3.09. The van der Waals surface area contributed by atoms with Gasteiger partial charge >= 0.3 is 6.18 Å². The second-order valence-electron chi connectivity index (χ2n) is 6.91. The number of hydrogen-bond donors (Lipinski definition) is 2. The zero-order chi connectivity index (χ0) is 23.3. The minimum Gasteiger partial charge on any atom is -0.359 e. The number of amides is 2. The largest absolute Gasteiger partial charge is 0.417 e. The summed E-state index contributed by atoms with van der Waals surface area (Å²) < 4.78 is 38.6. The zero-order valence-corrected chi connectivity index (χ0v) is 17.7. The number of carbonyl (C=O) groups excluding carboxylic acids is 2. The van der Waals surface area contributed by atoms with Gasteiger partial charge in [-0.15, -0.1) is 0 Å². The molecule has 2 amide bonds. The maximum Gasteiger partial charge on any atom is 0.417 e. The third-order valence-electron chi connectivity index (χ3n) is 4.81. The van der Waals surface area contributed by atoms with Gasteiger partial charge in [0.15, 0.2) is 0 Å². The molecule has 0 saturated carbocycles. The molecule has 32 heavy (non-hydrogen) atoms. The third kappa shape index (κ3) is 5.45. The minimum atomic E-state index is -4.61. The van der Waals surface area contributed by atoms with Gasteiger partial charge in [0, 0.05) is 25.4 Å². The normalized spacial score (nSPS) is 12.2. The highest BCUT2D eigenvalue weighted by Gasteiger charge is 2.33. The third-order valence-corrected chi connectivity index (χ3v) is 5.11. The van der Waals surface area contributed by atoms with E-state index < -0.39 is 29.5 Å². The summed E-state index contributed by atoms with van der Waals surface area (Å²) in [5.74, 6) is -2.05. The van der Waals surface area contributed by atoms with Crippen LogP contribution in [0.1, 0.15) is 27.5 Å². The number of alkyl halides is 3. The van der Waals surface area contributed by atoms with Crippen LogP contribution in [0.5, 0.6) is 0 Å². The zero-order valence-electron chi connectivity index (χ0n) is 16.9. The molecule has 9 heteroatoms. The van der Waals surface area contributed by atoms with E-state index in [4.69, 9.17) is 11.6 Å². The van der Waals surface area contributed by atoms with Crippen LogP contribution in [-0.4, -0.2) is 30.4 Å². The van der Waals surface area contributed by atoms with Crippen molar-refractivity contribution in [2.45, 2.75) is 12.1 Å². The van der Waals surface area contributed by atoms with Gasteiger partial charge in [-0.25, -0.2) is 0 Å². The van der Waals surface area contributed by atoms with Crippen LogP contribution in [0, 0.1) is 0 Å². The average molecular weight is 462 g/mol. The maximum absolute atomic E-state index is 12.9. The Bertz CT molecular complexity index is 1100. The SMILES string of the molecule is CNC(=O)C(CNC(=O)c1ccc(-c2ccccc2)cc1)c1ncc(C(F)(F)F)cc1Cl. The number of pyridine rings is 1. The lowest BCUT2D eigenvalue weighted by molar-refractivity contribution is -0.137. The van der Waals surface area contributed by atoms with Crippen molar-refractivity contribution < 1.29 is 22.8 Å². The Kier molecular flexibility index (Phi) is 7.15. The summed E-state index contributed by atoms with van der Waals surface area (Å²) in [6.07, 6.45) is -4.00. The first-order valence-corrected chi connectivity index (χ1v) is 9.96. The van der Waals surface area contributed by atoms with E-state index >= 15 is 0 Å². The predicted octanol–water partition coefficient (Wildman–Crippen LogP) is 4.68. The lowest BCUT2D eigenvalue weighted by Gasteiger charge is -2.18. The van der Waals surface area contributed by atoms with Gasteiger partial charge < -0.3 is 10.6 Å². The van der Waals surface area contributed by atoms with Crippen molar-refractivity contribution in [1.29, 1.82) is 0 Å². The van der Waals surface area contributed by atoms with Gasteiger partial charge in [-0.3, -0.25) is 14.6 Å². The number of aromatic nitrogens is 1. The molecule has 2 aromatic carbocycles. The van der Waals surface area contributed by atoms with E-state index in [-0.39, 0.29) is 17.3 Å². The van der Waals surface area contributed by atoms with E-state index in [2.05, 4.69) is 15.6 Å². The number of nitrogens with one attached hydrogen (secondary N) is 2. The molecule has 1 heterocycles. The summed E-state index contributed by atoms with van der Waals surface area (Å²) in [5, 5.41) is 4.73. The van der Waals surface area contributed by atoms with Crippen molar-refractivity contribution in [1.82, 2.24) is 15.6 Å². The lowest BCUT2D eigenvalue weighted by Crippen LogP contribution is -2.36. The van der Waals surface area contributed by atoms with Gasteiger partial charge in [-0.05, 0) is 29.3 Å². The molecule has 0 aliphatic carbocycles. The molecule has 0 fully saturated rings. The fraction of sp³-hybridized carbons (Fsp3) is 0.174. The van der Waals surface area contributed by atoms with E-state index in [9.17, 15) is 22.8 Å². The average Bonchev–Trinajstić information content (AvgIpc) is 2.79. The Morgan fingerprint density at radius 3 is 2.22 bits per heavy atom. The van der Waals surface area contributed by atoms with Crippen molar-refractivity contribution in [2.75, 3.05) is 13.6 Å². The molecular formula is C23H19ClF3N3O2. The first-order valence-electron chi connectivity index (χ1n) is 9.58. The highest BCUT2D eigenvalue weighted by Crippen LogP contribution is 2.33. The molecule has 0 aliphatic rings. The Labute approximate surface area is 187 Å². The molecule has 166 valence electrons. The molecule has 1 aromatic heterocycles. The second kappa shape index (κ2) is 9.82. The van der Waals surface area contributed by atoms with E-state index in [1.807, 2.05) is 30.3 Å². The smallest absolute Gasteiger partial charge is 0.359 e. The second-order valence-corrected chi connectivity index (χ2v) is 7.32. The van der Waals surface area contributed by atoms with Crippen LogP contribution in [0.15, 0.2) is 66.9 Å². The number of likely N-dealkylation sites (N-methyl/N-ethyl adjacent to an activating group) is 1. The van der Waals surface area contributed by atoms with Crippen molar-refractivity contribution >= 4 is 23.4 Å². The Morgan fingerprint density at radius 1 is 1.03 bits per heavy atom. The molecule has 1 atom stereocenters. The number of rotatable bonds is 6. The van der Waals surface area contributed by atoms with Gasteiger partial charge in [-0.1, -0.05) is 54.1 Å². The molecule has 5 nitrogen and oxygen atoms in total. The Balaban J connectivity index is 1.75. The van der Waals surface area contributed by atoms with Crippen LogP contribution in [0.25, 0.3) is 11.1 Å². The molecule has 3 rings (SSSR count). The Hall–Kier alpha value is -3.39. The standard InChI is InChI=1S/C23H19ClF3N3O2/c1-28-22(32)18(20-19(24)11-17(12-29-20)23(25,26)27)13-30-21(31)16-9-7-15(8-10-16)14-5-3-2-4-6-14/h2-12,18H,13H2,1H3,(H,28,32)(H,30,31). The summed E-state index contributed by atoms with van der Waals surface area (Å²) in [4.78, 5) is 28.6. The topological polar surface area (TPSA) is 71.1 Å². The Morgan fingerprint density at radius 2 is 1.66 bits per heavy atom. The van der Waals surface area contributed by atoms with Gasteiger partial charge in [0.05, 0.1) is 22.2 Å². The number of halogens is 4. The van der Waals surface area contributed by atoms with E-state index in [0.717, 1.165) is 11.1 Å². The van der Waals surface area contributed by atoms with E-state index in [0.29, 0.717) is 17.8 Å². The van der Waals surface area contributed by atoms with Crippen LogP contribution in [-0.2, 0) is 11.0 Å². The molecule has 0 bridgehead atoms. The van der Waals surface area contributed by atoms with Gasteiger partial charge in [0.1, 0.15) is 0 Å². The first-order chi connectivity index (χ1) is 15.2. The predicted molar refractivity (Wildman–Crippen MR) is 115 cm³/mol. The summed E-state index contributed by atoms with van der Waals surface area (Å²) in [6.45, 7) is -0.197.